The Balaban J connectivity index is 2.35. The van der Waals surface area contributed by atoms with Gasteiger partial charge in [-0.1, -0.05) is 23.2 Å². The molecule has 0 spiro atoms. The summed E-state index contributed by atoms with van der Waals surface area (Å²) in [5, 5.41) is 8.08. The van der Waals surface area contributed by atoms with Gasteiger partial charge in [0.05, 0.1) is 6.10 Å². The molecule has 5 unspecified atom stereocenters. The predicted octanol–water partition coefficient (Wildman–Crippen LogP) is 1.41. The lowest BCUT2D eigenvalue weighted by Gasteiger charge is -2.31. The Bertz CT molecular complexity index is 561. The van der Waals surface area contributed by atoms with E-state index in [4.69, 9.17) is 46.4 Å². The number of sulfone groups is 1. The van der Waals surface area contributed by atoms with Crippen LogP contribution in [0.2, 0.25) is 0 Å². The zero-order chi connectivity index (χ0) is 16.2. The van der Waals surface area contributed by atoms with Crippen molar-refractivity contribution < 1.29 is 18.3 Å². The number of amides is 1. The van der Waals surface area contributed by atoms with Crippen LogP contribution >= 0.6 is 58.2 Å². The molecule has 5 nitrogen and oxygen atoms in total. The molecule has 1 N–H and O–H groups in total. The van der Waals surface area contributed by atoms with E-state index in [1.165, 1.54) is 4.90 Å². The molecule has 2 fully saturated rings. The van der Waals surface area contributed by atoms with Gasteiger partial charge in [0.2, 0.25) is 0 Å². The number of nitrogens with zero attached hydrogens (tertiary/aromatic N) is 1. The fraction of sp³-hybridized carbons (Fsp3) is 0.900. The van der Waals surface area contributed by atoms with Gasteiger partial charge in [-0.3, -0.25) is 4.79 Å². The normalized spacial score (nSPS) is 44.3. The summed E-state index contributed by atoms with van der Waals surface area (Å²) in [5.41, 5.74) is 0. The summed E-state index contributed by atoms with van der Waals surface area (Å²) in [6, 6.07) is 0. The smallest absolute Gasteiger partial charge is 0.255 e. The van der Waals surface area contributed by atoms with Crippen LogP contribution in [0.3, 0.4) is 0 Å². The maximum Gasteiger partial charge on any atom is 0.255 e. The van der Waals surface area contributed by atoms with Gasteiger partial charge < -0.3 is 10.0 Å². The fourth-order valence-electron chi connectivity index (χ4n) is 2.32. The first-order chi connectivity index (χ1) is 9.44. The number of hydrogen-bond acceptors (Lipinski definition) is 5. The summed E-state index contributed by atoms with van der Waals surface area (Å²) >= 11 is 25.3. The molecule has 0 aromatic rings. The molecule has 0 aromatic heterocycles. The number of rotatable bonds is 2. The monoisotopic (exact) mass is 415 g/mol. The van der Waals surface area contributed by atoms with Crippen LogP contribution in [0.25, 0.3) is 0 Å². The predicted molar refractivity (Wildman–Crippen MR) is 86.1 cm³/mol. The molecule has 0 aliphatic carbocycles. The molecule has 1 amide bonds. The van der Waals surface area contributed by atoms with Crippen molar-refractivity contribution in [1.29, 1.82) is 0 Å². The summed E-state index contributed by atoms with van der Waals surface area (Å²) in [6.07, 6.45) is 0.702. The van der Waals surface area contributed by atoms with Gasteiger partial charge in [-0.25, -0.2) is 8.42 Å². The van der Waals surface area contributed by atoms with Crippen molar-refractivity contribution in [3.63, 3.8) is 0 Å². The van der Waals surface area contributed by atoms with Crippen LogP contribution in [0.1, 0.15) is 6.42 Å². The number of aliphatic hydroxyl groups is 1. The van der Waals surface area contributed by atoms with Crippen molar-refractivity contribution in [2.75, 3.05) is 19.3 Å². The number of halogens is 4. The molecule has 11 heteroatoms. The van der Waals surface area contributed by atoms with Gasteiger partial charge in [0, 0.05) is 19.3 Å². The maximum absolute atomic E-state index is 12.6. The van der Waals surface area contributed by atoms with Crippen molar-refractivity contribution in [1.82, 2.24) is 4.90 Å². The zero-order valence-electron chi connectivity index (χ0n) is 10.8. The summed E-state index contributed by atoms with van der Waals surface area (Å²) < 4.78 is 18.8. The first kappa shape index (κ1) is 18.2. The third-order valence-electron chi connectivity index (χ3n) is 3.57. The van der Waals surface area contributed by atoms with Crippen molar-refractivity contribution in [3.05, 3.63) is 0 Å². The number of aliphatic hydroxyl groups excluding tert-OH is 1. The molecule has 0 saturated carbocycles. The standard InChI is InChI=1S/C10H13Cl4NO4S2/c1-21(18,19)10(14)6(11)9(13,20-7(10)12)8(17)15-3-2-5(16)4-15/h5-7,16H,2-4H2,1H3. The maximum atomic E-state index is 12.6. The summed E-state index contributed by atoms with van der Waals surface area (Å²) in [5.74, 6) is -0.581. The number of β-amino-alcohol motifs (C(OH)–C–C–N with tert-alkyl or cyclic N) is 1. The van der Waals surface area contributed by atoms with Gasteiger partial charge in [-0.15, -0.1) is 35.0 Å². The number of thioether (sulfide) groups is 1. The Kier molecular flexibility index (Phi) is 5.00. The highest BCUT2D eigenvalue weighted by Crippen LogP contribution is 2.61. The Morgan fingerprint density at radius 1 is 1.38 bits per heavy atom. The minimum Gasteiger partial charge on any atom is -0.391 e. The molecular formula is C10H13Cl4NO4S2. The average molecular weight is 417 g/mol. The minimum absolute atomic E-state index is 0.124. The van der Waals surface area contributed by atoms with E-state index in [1.54, 1.807) is 0 Å². The van der Waals surface area contributed by atoms with E-state index < -0.39 is 40.3 Å². The molecule has 5 atom stereocenters. The molecule has 0 radical (unpaired) electrons. The number of alkyl halides is 4. The van der Waals surface area contributed by atoms with Crippen molar-refractivity contribution in [2.45, 2.75) is 31.0 Å². The van der Waals surface area contributed by atoms with E-state index in [9.17, 15) is 18.3 Å². The molecule has 2 aliphatic heterocycles. The Hall–Kier alpha value is 0.890. The highest BCUT2D eigenvalue weighted by atomic mass is 35.5. The minimum atomic E-state index is -3.86. The lowest BCUT2D eigenvalue weighted by molar-refractivity contribution is -0.130. The number of carbonyl (C=O) groups excluding carboxylic acids is 1. The second kappa shape index (κ2) is 5.76. The molecule has 21 heavy (non-hydrogen) atoms. The molecule has 2 heterocycles. The summed E-state index contributed by atoms with van der Waals surface area (Å²) in [7, 11) is -3.86. The molecule has 122 valence electrons. The first-order valence-electron chi connectivity index (χ1n) is 5.95. The third kappa shape index (κ3) is 2.77. The first-order valence-corrected chi connectivity index (χ1v) is 10.4. The summed E-state index contributed by atoms with van der Waals surface area (Å²) in [6.45, 7) is 0.443. The van der Waals surface area contributed by atoms with E-state index in [1.807, 2.05) is 0 Å². The molecule has 0 aromatic carbocycles. The lowest BCUT2D eigenvalue weighted by atomic mass is 10.2. The van der Waals surface area contributed by atoms with E-state index in [0.29, 0.717) is 13.0 Å². The Labute approximate surface area is 147 Å². The highest BCUT2D eigenvalue weighted by Gasteiger charge is 2.70. The van der Waals surface area contributed by atoms with Crippen LogP contribution in [-0.4, -0.2) is 68.3 Å². The number of hydrogen-bond donors (Lipinski definition) is 1. The van der Waals surface area contributed by atoms with E-state index in [2.05, 4.69) is 0 Å². The molecule has 2 aliphatic rings. The Morgan fingerprint density at radius 3 is 2.33 bits per heavy atom. The van der Waals surface area contributed by atoms with Gasteiger partial charge >= 0.3 is 0 Å². The highest BCUT2D eigenvalue weighted by molar-refractivity contribution is 8.07. The Morgan fingerprint density at radius 2 is 1.95 bits per heavy atom. The number of carbonyl (C=O) groups is 1. The van der Waals surface area contributed by atoms with Crippen LogP contribution in [0.15, 0.2) is 0 Å². The molecule has 2 rings (SSSR count). The topological polar surface area (TPSA) is 74.7 Å². The third-order valence-corrected chi connectivity index (χ3v) is 10.7. The second-order valence-corrected chi connectivity index (χ2v) is 11.5. The van der Waals surface area contributed by atoms with Crippen LogP contribution in [0, 0.1) is 0 Å². The quantitative estimate of drug-likeness (QED) is 0.689. The van der Waals surface area contributed by atoms with Gasteiger partial charge in [0.15, 0.2) is 18.2 Å². The van der Waals surface area contributed by atoms with Crippen LogP contribution in [0.5, 0.6) is 0 Å². The van der Waals surface area contributed by atoms with E-state index >= 15 is 0 Å². The second-order valence-electron chi connectivity index (χ2n) is 5.11. The van der Waals surface area contributed by atoms with Crippen LogP contribution < -0.4 is 0 Å². The SMILES string of the molecule is CS(=O)(=O)C1(Cl)C(Cl)SC(Cl)(C(=O)N2CCC(O)C2)C1Cl. The summed E-state index contributed by atoms with van der Waals surface area (Å²) in [4.78, 5) is 13.9. The van der Waals surface area contributed by atoms with Crippen molar-refractivity contribution >= 4 is 73.9 Å². The van der Waals surface area contributed by atoms with E-state index in [-0.39, 0.29) is 6.54 Å². The van der Waals surface area contributed by atoms with Gasteiger partial charge in [0.25, 0.3) is 5.91 Å². The molecular weight excluding hydrogens is 404 g/mol. The fourth-order valence-corrected chi connectivity index (χ4v) is 8.29. The van der Waals surface area contributed by atoms with E-state index in [0.717, 1.165) is 18.0 Å². The molecule has 2 saturated heterocycles. The van der Waals surface area contributed by atoms with Crippen LogP contribution in [0.4, 0.5) is 0 Å². The lowest BCUT2D eigenvalue weighted by Crippen LogP contribution is -2.52. The largest absolute Gasteiger partial charge is 0.391 e. The zero-order valence-corrected chi connectivity index (χ0v) is 15.5. The van der Waals surface area contributed by atoms with Crippen molar-refractivity contribution in [2.24, 2.45) is 0 Å². The number of likely N-dealkylation sites (tertiary alicyclic amines) is 1. The van der Waals surface area contributed by atoms with Gasteiger partial charge in [-0.2, -0.15) is 0 Å². The molecule has 0 bridgehead atoms. The van der Waals surface area contributed by atoms with Crippen molar-refractivity contribution in [3.8, 4) is 0 Å². The van der Waals surface area contributed by atoms with Gasteiger partial charge in [0.1, 0.15) is 10.1 Å². The van der Waals surface area contributed by atoms with Crippen LogP contribution in [-0.2, 0) is 14.6 Å². The average Bonchev–Trinajstić information content (AvgIpc) is 2.86. The van der Waals surface area contributed by atoms with Gasteiger partial charge in [-0.05, 0) is 6.42 Å².